The van der Waals surface area contributed by atoms with Crippen LogP contribution >= 0.6 is 0 Å². The molecule has 1 fully saturated rings. The molecule has 32 heavy (non-hydrogen) atoms. The number of hydrogen-bond acceptors (Lipinski definition) is 7. The Morgan fingerprint density at radius 2 is 1.84 bits per heavy atom. The SMILES string of the molecule is Cn1c(=O)c(C(=O)NCC(=O)O)c(O)c2cc(-c3ccc(N4CCOCC4)cc3)cnc21. The maximum Gasteiger partial charge on any atom is 0.322 e. The van der Waals surface area contributed by atoms with Crippen LogP contribution in [0.4, 0.5) is 5.69 Å². The summed E-state index contributed by atoms with van der Waals surface area (Å²) in [6, 6.07) is 9.52. The summed E-state index contributed by atoms with van der Waals surface area (Å²) < 4.78 is 6.53. The number of fused-ring (bicyclic) bond motifs is 1. The van der Waals surface area contributed by atoms with E-state index in [0.29, 0.717) is 18.8 Å². The van der Waals surface area contributed by atoms with Crippen LogP contribution in [0, 0.1) is 0 Å². The molecular formula is C22H22N4O6. The van der Waals surface area contributed by atoms with Crippen molar-refractivity contribution in [1.29, 1.82) is 0 Å². The normalized spacial score (nSPS) is 13.8. The third-order valence-corrected chi connectivity index (χ3v) is 5.40. The van der Waals surface area contributed by atoms with Gasteiger partial charge in [-0.2, -0.15) is 0 Å². The Labute approximate surface area is 182 Å². The fraction of sp³-hybridized carbons (Fsp3) is 0.273. The number of aliphatic carboxylic acids is 1. The fourth-order valence-corrected chi connectivity index (χ4v) is 3.69. The molecule has 0 saturated carbocycles. The van der Waals surface area contributed by atoms with E-state index in [1.165, 1.54) is 7.05 Å². The van der Waals surface area contributed by atoms with Crippen LogP contribution in [0.2, 0.25) is 0 Å². The summed E-state index contributed by atoms with van der Waals surface area (Å²) in [4.78, 5) is 42.2. The molecule has 0 unspecified atom stereocenters. The first-order valence-electron chi connectivity index (χ1n) is 10.0. The summed E-state index contributed by atoms with van der Waals surface area (Å²) >= 11 is 0. The highest BCUT2D eigenvalue weighted by Crippen LogP contribution is 2.30. The van der Waals surface area contributed by atoms with Crippen LogP contribution in [0.1, 0.15) is 10.4 Å². The first-order chi connectivity index (χ1) is 15.4. The molecule has 3 aromatic rings. The summed E-state index contributed by atoms with van der Waals surface area (Å²) in [6.07, 6.45) is 1.59. The number of carboxylic acids is 1. The molecule has 0 aliphatic carbocycles. The predicted octanol–water partition coefficient (Wildman–Crippen LogP) is 0.957. The number of carbonyl (C=O) groups is 2. The van der Waals surface area contributed by atoms with Crippen LogP contribution in [0.3, 0.4) is 0 Å². The van der Waals surface area contributed by atoms with Gasteiger partial charge in [0.25, 0.3) is 11.5 Å². The minimum absolute atomic E-state index is 0.205. The number of benzene rings is 1. The molecule has 0 bridgehead atoms. The van der Waals surface area contributed by atoms with E-state index < -0.39 is 35.3 Å². The number of nitrogens with one attached hydrogen (secondary N) is 1. The second-order valence-electron chi connectivity index (χ2n) is 7.41. The van der Waals surface area contributed by atoms with Crippen LogP contribution in [-0.4, -0.2) is 64.5 Å². The van der Waals surface area contributed by atoms with Gasteiger partial charge < -0.3 is 25.2 Å². The number of pyridine rings is 2. The molecule has 10 nitrogen and oxygen atoms in total. The van der Waals surface area contributed by atoms with Crippen LogP contribution < -0.4 is 15.8 Å². The number of aryl methyl sites for hydroxylation is 1. The molecule has 2 aromatic heterocycles. The summed E-state index contributed by atoms with van der Waals surface area (Å²) in [6.45, 7) is 2.36. The maximum atomic E-state index is 12.6. The summed E-state index contributed by atoms with van der Waals surface area (Å²) in [5.41, 5.74) is 1.53. The van der Waals surface area contributed by atoms with Crippen molar-refractivity contribution in [3.05, 3.63) is 52.4 Å². The van der Waals surface area contributed by atoms with Crippen LogP contribution in [0.25, 0.3) is 22.2 Å². The van der Waals surface area contributed by atoms with Crippen molar-refractivity contribution in [1.82, 2.24) is 14.9 Å². The number of hydrogen-bond donors (Lipinski definition) is 3. The van der Waals surface area contributed by atoms with Gasteiger partial charge in [-0.25, -0.2) is 4.98 Å². The Kier molecular flexibility index (Phi) is 5.78. The van der Waals surface area contributed by atoms with Crippen molar-refractivity contribution < 1.29 is 24.5 Å². The predicted molar refractivity (Wildman–Crippen MR) is 117 cm³/mol. The standard InChI is InChI=1S/C22H22N4O6/c1-25-20-16(19(29)18(22(25)31)21(30)24-12-17(27)28)10-14(11-23-20)13-2-4-15(5-3-13)26-6-8-32-9-7-26/h2-5,10-11,29H,6-9,12H2,1H3,(H,24,30)(H,27,28). The Bertz CT molecular complexity index is 1250. The highest BCUT2D eigenvalue weighted by molar-refractivity contribution is 6.03. The molecule has 0 atom stereocenters. The van der Waals surface area contributed by atoms with Gasteiger partial charge in [0.1, 0.15) is 23.5 Å². The van der Waals surface area contributed by atoms with E-state index in [2.05, 4.69) is 15.2 Å². The number of morpholine rings is 1. The van der Waals surface area contributed by atoms with Gasteiger partial charge in [-0.1, -0.05) is 12.1 Å². The number of ether oxygens (including phenoxy) is 1. The maximum absolute atomic E-state index is 12.6. The van der Waals surface area contributed by atoms with Gasteiger partial charge in [0.15, 0.2) is 0 Å². The van der Waals surface area contributed by atoms with E-state index in [-0.39, 0.29) is 11.0 Å². The second kappa shape index (κ2) is 8.67. The molecule has 3 N–H and O–H groups in total. The van der Waals surface area contributed by atoms with Crippen molar-refractivity contribution in [2.45, 2.75) is 0 Å². The van der Waals surface area contributed by atoms with E-state index in [0.717, 1.165) is 28.9 Å². The number of aromatic nitrogens is 2. The minimum Gasteiger partial charge on any atom is -0.506 e. The lowest BCUT2D eigenvalue weighted by Gasteiger charge is -2.28. The van der Waals surface area contributed by atoms with Gasteiger partial charge >= 0.3 is 5.97 Å². The Hall–Kier alpha value is -3.92. The Balaban J connectivity index is 1.72. The fourth-order valence-electron chi connectivity index (χ4n) is 3.69. The average molecular weight is 438 g/mol. The highest BCUT2D eigenvalue weighted by Gasteiger charge is 2.22. The topological polar surface area (TPSA) is 134 Å². The minimum atomic E-state index is -1.26. The van der Waals surface area contributed by atoms with Crippen molar-refractivity contribution in [3.8, 4) is 16.9 Å². The Morgan fingerprint density at radius 3 is 2.50 bits per heavy atom. The number of carbonyl (C=O) groups excluding carboxylic acids is 1. The first-order valence-corrected chi connectivity index (χ1v) is 10.0. The second-order valence-corrected chi connectivity index (χ2v) is 7.41. The van der Waals surface area contributed by atoms with Crippen LogP contribution in [0.5, 0.6) is 5.75 Å². The highest BCUT2D eigenvalue weighted by atomic mass is 16.5. The number of nitrogens with zero attached hydrogens (tertiary/aromatic N) is 3. The van der Waals surface area contributed by atoms with Crippen molar-refractivity contribution in [2.75, 3.05) is 37.7 Å². The zero-order chi connectivity index (χ0) is 22.8. The number of aromatic hydroxyl groups is 1. The van der Waals surface area contributed by atoms with Gasteiger partial charge in [0.2, 0.25) is 0 Å². The summed E-state index contributed by atoms with van der Waals surface area (Å²) in [5.74, 6) is -2.77. The molecule has 4 rings (SSSR count). The number of carboxylic acid groups (broad SMARTS) is 1. The zero-order valence-corrected chi connectivity index (χ0v) is 17.4. The van der Waals surface area contributed by atoms with Gasteiger partial charge in [0, 0.05) is 37.6 Å². The molecule has 0 spiro atoms. The molecule has 1 aliphatic heterocycles. The molecule has 1 aliphatic rings. The largest absolute Gasteiger partial charge is 0.506 e. The molecule has 3 heterocycles. The van der Waals surface area contributed by atoms with Crippen molar-refractivity contribution in [3.63, 3.8) is 0 Å². The molecule has 1 aromatic carbocycles. The lowest BCUT2D eigenvalue weighted by Crippen LogP contribution is -2.36. The average Bonchev–Trinajstić information content (AvgIpc) is 2.82. The third kappa shape index (κ3) is 4.00. The van der Waals surface area contributed by atoms with Gasteiger partial charge in [-0.05, 0) is 23.8 Å². The lowest BCUT2D eigenvalue weighted by atomic mass is 10.0. The van der Waals surface area contributed by atoms with E-state index in [1.54, 1.807) is 12.3 Å². The molecular weight excluding hydrogens is 416 g/mol. The summed E-state index contributed by atoms with van der Waals surface area (Å²) in [7, 11) is 1.43. The first kappa shape index (κ1) is 21.3. The van der Waals surface area contributed by atoms with E-state index in [4.69, 9.17) is 9.84 Å². The van der Waals surface area contributed by atoms with Crippen molar-refractivity contribution in [2.24, 2.45) is 7.05 Å². The van der Waals surface area contributed by atoms with Crippen LogP contribution in [-0.2, 0) is 16.6 Å². The van der Waals surface area contributed by atoms with E-state index >= 15 is 0 Å². The van der Waals surface area contributed by atoms with Gasteiger partial charge in [-0.15, -0.1) is 0 Å². The number of anilines is 1. The number of rotatable bonds is 5. The smallest absolute Gasteiger partial charge is 0.322 e. The molecule has 10 heteroatoms. The lowest BCUT2D eigenvalue weighted by molar-refractivity contribution is -0.135. The molecule has 1 saturated heterocycles. The van der Waals surface area contributed by atoms with Crippen LogP contribution in [0.15, 0.2) is 41.3 Å². The van der Waals surface area contributed by atoms with Crippen molar-refractivity contribution >= 4 is 28.6 Å². The molecule has 0 radical (unpaired) electrons. The third-order valence-electron chi connectivity index (χ3n) is 5.40. The number of amides is 1. The van der Waals surface area contributed by atoms with Gasteiger partial charge in [-0.3, -0.25) is 19.0 Å². The zero-order valence-electron chi connectivity index (χ0n) is 17.4. The summed E-state index contributed by atoms with van der Waals surface area (Å²) in [5, 5.41) is 21.8. The van der Waals surface area contributed by atoms with Gasteiger partial charge in [0.05, 0.1) is 18.6 Å². The van der Waals surface area contributed by atoms with E-state index in [9.17, 15) is 19.5 Å². The molecule has 1 amide bonds. The molecule has 166 valence electrons. The monoisotopic (exact) mass is 438 g/mol. The quantitative estimate of drug-likeness (QED) is 0.536. The Morgan fingerprint density at radius 1 is 1.16 bits per heavy atom. The van der Waals surface area contributed by atoms with E-state index in [1.807, 2.05) is 24.3 Å².